The molecule has 1 unspecified atom stereocenters. The number of hydrogen-bond donors (Lipinski definition) is 1. The normalized spacial score (nSPS) is 18.6. The molecule has 0 saturated heterocycles. The molecule has 28 heavy (non-hydrogen) atoms. The minimum absolute atomic E-state index is 0.0191. The van der Waals surface area contributed by atoms with Crippen molar-refractivity contribution in [2.45, 2.75) is 18.4 Å². The standard InChI is InChI=1S/C22H22N2O4/c1-24-18(22(26)28-3)12-16(13-8-10-14(11-9-13)21(25)27-2)19-20(24)15-6-4-5-7-17(15)23-19/h4-11,16,18,23H,12H2,1-3H3/t16-,18?/m0/s1. The molecule has 0 saturated carbocycles. The number of benzene rings is 2. The molecular weight excluding hydrogens is 356 g/mol. The number of ether oxygens (including phenoxy) is 2. The van der Waals surface area contributed by atoms with Crippen LogP contribution in [0.1, 0.15) is 34.0 Å². The lowest BCUT2D eigenvalue weighted by Gasteiger charge is -2.37. The van der Waals surface area contributed by atoms with Crippen LogP contribution >= 0.6 is 0 Å². The molecule has 3 aromatic rings. The van der Waals surface area contributed by atoms with Gasteiger partial charge in [-0.15, -0.1) is 0 Å². The Morgan fingerprint density at radius 2 is 1.75 bits per heavy atom. The summed E-state index contributed by atoms with van der Waals surface area (Å²) in [6.45, 7) is 0. The second-order valence-electron chi connectivity index (χ2n) is 6.98. The molecule has 6 nitrogen and oxygen atoms in total. The van der Waals surface area contributed by atoms with E-state index < -0.39 is 0 Å². The van der Waals surface area contributed by atoms with Crippen LogP contribution in [0.4, 0.5) is 5.69 Å². The van der Waals surface area contributed by atoms with E-state index in [0.29, 0.717) is 12.0 Å². The number of nitrogens with one attached hydrogen (secondary N) is 1. The molecular formula is C22H22N2O4. The zero-order chi connectivity index (χ0) is 19.8. The second-order valence-corrected chi connectivity index (χ2v) is 6.98. The number of aromatic amines is 1. The number of carbonyl (C=O) groups is 2. The Hall–Kier alpha value is -3.28. The van der Waals surface area contributed by atoms with E-state index >= 15 is 0 Å². The third-order valence-corrected chi connectivity index (χ3v) is 5.54. The van der Waals surface area contributed by atoms with Gasteiger partial charge in [0, 0.05) is 29.6 Å². The summed E-state index contributed by atoms with van der Waals surface area (Å²) in [6, 6.07) is 15.0. The zero-order valence-electron chi connectivity index (χ0n) is 16.1. The molecule has 2 atom stereocenters. The van der Waals surface area contributed by atoms with Crippen molar-refractivity contribution in [2.24, 2.45) is 0 Å². The first-order valence-electron chi connectivity index (χ1n) is 9.14. The number of rotatable bonds is 3. The van der Waals surface area contributed by atoms with E-state index in [1.807, 2.05) is 42.3 Å². The van der Waals surface area contributed by atoms with Crippen LogP contribution < -0.4 is 4.90 Å². The Balaban J connectivity index is 1.84. The van der Waals surface area contributed by atoms with Gasteiger partial charge in [-0.05, 0) is 30.2 Å². The van der Waals surface area contributed by atoms with Gasteiger partial charge in [0.05, 0.1) is 25.5 Å². The minimum Gasteiger partial charge on any atom is -0.467 e. The average Bonchev–Trinajstić information content (AvgIpc) is 3.13. The van der Waals surface area contributed by atoms with Crippen molar-refractivity contribution in [3.63, 3.8) is 0 Å². The van der Waals surface area contributed by atoms with Gasteiger partial charge < -0.3 is 19.4 Å². The van der Waals surface area contributed by atoms with E-state index in [-0.39, 0.29) is 23.9 Å². The monoisotopic (exact) mass is 378 g/mol. The number of anilines is 1. The summed E-state index contributed by atoms with van der Waals surface area (Å²) in [5.74, 6) is -0.641. The molecule has 0 radical (unpaired) electrons. The fourth-order valence-electron chi connectivity index (χ4n) is 4.10. The Kier molecular flexibility index (Phi) is 4.55. The number of esters is 2. The van der Waals surface area contributed by atoms with Gasteiger partial charge in [0.15, 0.2) is 0 Å². The van der Waals surface area contributed by atoms with E-state index in [4.69, 9.17) is 9.47 Å². The number of H-pyrrole nitrogens is 1. The summed E-state index contributed by atoms with van der Waals surface area (Å²) in [5.41, 5.74) is 4.64. The molecule has 0 spiro atoms. The van der Waals surface area contributed by atoms with Crippen molar-refractivity contribution >= 4 is 28.5 Å². The van der Waals surface area contributed by atoms with Crippen LogP contribution in [0.3, 0.4) is 0 Å². The first-order chi connectivity index (χ1) is 13.5. The molecule has 1 N–H and O–H groups in total. The van der Waals surface area contributed by atoms with Crippen LogP contribution in [0.15, 0.2) is 48.5 Å². The highest BCUT2D eigenvalue weighted by molar-refractivity contribution is 5.98. The smallest absolute Gasteiger partial charge is 0.337 e. The molecule has 0 fully saturated rings. The zero-order valence-corrected chi connectivity index (χ0v) is 16.1. The van der Waals surface area contributed by atoms with Crippen molar-refractivity contribution < 1.29 is 19.1 Å². The number of likely N-dealkylation sites (N-methyl/N-ethyl adjacent to an activating group) is 1. The summed E-state index contributed by atoms with van der Waals surface area (Å²) in [4.78, 5) is 29.7. The number of fused-ring (bicyclic) bond motifs is 3. The number of methoxy groups -OCH3 is 2. The van der Waals surface area contributed by atoms with Gasteiger partial charge in [0.25, 0.3) is 0 Å². The largest absolute Gasteiger partial charge is 0.467 e. The first-order valence-corrected chi connectivity index (χ1v) is 9.14. The van der Waals surface area contributed by atoms with Gasteiger partial charge in [-0.3, -0.25) is 0 Å². The molecule has 144 valence electrons. The highest BCUT2D eigenvalue weighted by Crippen LogP contribution is 2.45. The topological polar surface area (TPSA) is 71.6 Å². The lowest BCUT2D eigenvalue weighted by Crippen LogP contribution is -2.44. The van der Waals surface area contributed by atoms with Crippen LogP contribution in [-0.2, 0) is 14.3 Å². The van der Waals surface area contributed by atoms with E-state index in [9.17, 15) is 9.59 Å². The number of para-hydroxylation sites is 1. The third kappa shape index (κ3) is 2.81. The molecule has 6 heteroatoms. The van der Waals surface area contributed by atoms with Crippen molar-refractivity contribution in [1.29, 1.82) is 0 Å². The maximum atomic E-state index is 12.5. The fraction of sp³-hybridized carbons (Fsp3) is 0.273. The van der Waals surface area contributed by atoms with Crippen molar-refractivity contribution in [1.82, 2.24) is 4.98 Å². The lowest BCUT2D eigenvalue weighted by atomic mass is 9.84. The number of nitrogens with zero attached hydrogens (tertiary/aromatic N) is 1. The SMILES string of the molecule is COC(=O)c1ccc([C@@H]2CC(C(=O)OC)N(C)c3c2[nH]c2ccccc32)cc1. The Morgan fingerprint density at radius 3 is 2.43 bits per heavy atom. The van der Waals surface area contributed by atoms with Gasteiger partial charge in [0.2, 0.25) is 0 Å². The maximum Gasteiger partial charge on any atom is 0.337 e. The fourth-order valence-corrected chi connectivity index (χ4v) is 4.10. The molecule has 2 heterocycles. The molecule has 2 aromatic carbocycles. The van der Waals surface area contributed by atoms with Gasteiger partial charge in [0.1, 0.15) is 6.04 Å². The lowest BCUT2D eigenvalue weighted by molar-refractivity contribution is -0.142. The quantitative estimate of drug-likeness (QED) is 0.707. The highest BCUT2D eigenvalue weighted by Gasteiger charge is 2.38. The van der Waals surface area contributed by atoms with Crippen molar-refractivity contribution in [2.75, 3.05) is 26.2 Å². The van der Waals surface area contributed by atoms with Gasteiger partial charge in [-0.2, -0.15) is 0 Å². The van der Waals surface area contributed by atoms with Gasteiger partial charge in [-0.1, -0.05) is 30.3 Å². The number of hydrogen-bond acceptors (Lipinski definition) is 5. The number of aromatic nitrogens is 1. The number of carbonyl (C=O) groups excluding carboxylic acids is 2. The Morgan fingerprint density at radius 1 is 1.04 bits per heavy atom. The molecule has 0 bridgehead atoms. The second kappa shape index (κ2) is 7.03. The van der Waals surface area contributed by atoms with Crippen molar-refractivity contribution in [3.8, 4) is 0 Å². The van der Waals surface area contributed by atoms with E-state index in [1.165, 1.54) is 14.2 Å². The summed E-state index contributed by atoms with van der Waals surface area (Å²) in [5, 5.41) is 1.07. The average molecular weight is 378 g/mol. The van der Waals surface area contributed by atoms with E-state index in [1.54, 1.807) is 12.1 Å². The van der Waals surface area contributed by atoms with Gasteiger partial charge >= 0.3 is 11.9 Å². The Labute approximate surface area is 163 Å². The predicted octanol–water partition coefficient (Wildman–Crippen LogP) is 3.47. The minimum atomic E-state index is -0.387. The van der Waals surface area contributed by atoms with E-state index in [2.05, 4.69) is 11.1 Å². The van der Waals surface area contributed by atoms with E-state index in [0.717, 1.165) is 27.8 Å². The van der Waals surface area contributed by atoms with Crippen LogP contribution in [0.2, 0.25) is 0 Å². The summed E-state index contributed by atoms with van der Waals surface area (Å²) >= 11 is 0. The molecule has 1 aromatic heterocycles. The Bertz CT molecular complexity index is 1040. The summed E-state index contributed by atoms with van der Waals surface area (Å²) in [7, 11) is 4.71. The molecule has 1 aliphatic rings. The summed E-state index contributed by atoms with van der Waals surface area (Å²) in [6.07, 6.45) is 0.584. The molecule has 0 amide bonds. The van der Waals surface area contributed by atoms with Crippen LogP contribution in [-0.4, -0.2) is 44.2 Å². The molecule has 0 aliphatic carbocycles. The van der Waals surface area contributed by atoms with Gasteiger partial charge in [-0.25, -0.2) is 9.59 Å². The van der Waals surface area contributed by atoms with Crippen LogP contribution in [0.5, 0.6) is 0 Å². The predicted molar refractivity (Wildman–Crippen MR) is 107 cm³/mol. The van der Waals surface area contributed by atoms with Crippen LogP contribution in [0, 0.1) is 0 Å². The summed E-state index contributed by atoms with van der Waals surface area (Å²) < 4.78 is 9.84. The van der Waals surface area contributed by atoms with Crippen LogP contribution in [0.25, 0.3) is 10.9 Å². The molecule has 4 rings (SSSR count). The van der Waals surface area contributed by atoms with Crippen molar-refractivity contribution in [3.05, 3.63) is 65.4 Å². The first kappa shape index (κ1) is 18.1. The maximum absolute atomic E-state index is 12.5. The molecule has 1 aliphatic heterocycles. The third-order valence-electron chi connectivity index (χ3n) is 5.54. The highest BCUT2D eigenvalue weighted by atomic mass is 16.5.